The molecule has 0 aliphatic carbocycles. The first-order chi connectivity index (χ1) is 5.91. The van der Waals surface area contributed by atoms with Gasteiger partial charge < -0.3 is 5.11 Å². The lowest BCUT2D eigenvalue weighted by Gasteiger charge is -2.26. The Morgan fingerprint density at radius 3 is 2.38 bits per heavy atom. The molecule has 0 radical (unpaired) electrons. The molecule has 0 bridgehead atoms. The van der Waals surface area contributed by atoms with Crippen LogP contribution in [0.25, 0.3) is 0 Å². The fraction of sp³-hybridized carbons (Fsp3) is 0.455. The van der Waals surface area contributed by atoms with Gasteiger partial charge in [0.05, 0.1) is 6.10 Å². The van der Waals surface area contributed by atoms with Crippen molar-refractivity contribution in [3.8, 4) is 0 Å². The van der Waals surface area contributed by atoms with Gasteiger partial charge in [-0.25, -0.2) is 0 Å². The zero-order valence-electron chi connectivity index (χ0n) is 8.21. The Morgan fingerprint density at radius 2 is 1.92 bits per heavy atom. The monoisotopic (exact) mass is 242 g/mol. The van der Waals surface area contributed by atoms with Crippen LogP contribution in [0.1, 0.15) is 32.4 Å². The van der Waals surface area contributed by atoms with E-state index < -0.39 is 6.10 Å². The number of halogens is 1. The molecule has 1 rings (SSSR count). The summed E-state index contributed by atoms with van der Waals surface area (Å²) >= 11 is 3.39. The van der Waals surface area contributed by atoms with Crippen LogP contribution in [0.15, 0.2) is 28.7 Å². The van der Waals surface area contributed by atoms with Gasteiger partial charge in [-0.1, -0.05) is 48.8 Å². The Kier molecular flexibility index (Phi) is 3.14. The van der Waals surface area contributed by atoms with Crippen molar-refractivity contribution in [2.75, 3.05) is 0 Å². The van der Waals surface area contributed by atoms with E-state index in [4.69, 9.17) is 0 Å². The Bertz CT molecular complexity index is 288. The molecule has 0 saturated carbocycles. The minimum atomic E-state index is -0.412. The van der Waals surface area contributed by atoms with E-state index in [1.807, 2.05) is 45.0 Å². The Labute approximate surface area is 87.9 Å². The molecule has 1 atom stereocenters. The highest BCUT2D eigenvalue weighted by Gasteiger charge is 2.23. The van der Waals surface area contributed by atoms with E-state index in [1.165, 1.54) is 0 Å². The molecular weight excluding hydrogens is 228 g/mol. The average molecular weight is 243 g/mol. The van der Waals surface area contributed by atoms with Gasteiger partial charge in [-0.15, -0.1) is 0 Å². The summed E-state index contributed by atoms with van der Waals surface area (Å²) in [5, 5.41) is 9.96. The quantitative estimate of drug-likeness (QED) is 0.799. The predicted octanol–water partition coefficient (Wildman–Crippen LogP) is 3.53. The molecule has 1 N–H and O–H groups in total. The molecule has 72 valence electrons. The second kappa shape index (κ2) is 3.81. The number of aliphatic hydroxyl groups excluding tert-OH is 1. The molecule has 0 aliphatic rings. The van der Waals surface area contributed by atoms with Gasteiger partial charge in [0, 0.05) is 4.47 Å². The van der Waals surface area contributed by atoms with Gasteiger partial charge in [0.25, 0.3) is 0 Å². The molecule has 0 amide bonds. The minimum Gasteiger partial charge on any atom is -0.388 e. The molecule has 0 saturated heterocycles. The molecule has 0 aromatic heterocycles. The molecule has 0 unspecified atom stereocenters. The van der Waals surface area contributed by atoms with Crippen LogP contribution in [0, 0.1) is 5.41 Å². The van der Waals surface area contributed by atoms with Gasteiger partial charge in [0.15, 0.2) is 0 Å². The van der Waals surface area contributed by atoms with Crippen LogP contribution in [0.5, 0.6) is 0 Å². The van der Waals surface area contributed by atoms with Crippen molar-refractivity contribution in [2.24, 2.45) is 5.41 Å². The van der Waals surface area contributed by atoms with Gasteiger partial charge in [-0.3, -0.25) is 0 Å². The Hall–Kier alpha value is -0.340. The third kappa shape index (κ3) is 2.82. The smallest absolute Gasteiger partial charge is 0.0838 e. The maximum absolute atomic E-state index is 9.96. The fourth-order valence-electron chi connectivity index (χ4n) is 1.18. The minimum absolute atomic E-state index is 0.110. The second-order valence-corrected chi connectivity index (χ2v) is 5.24. The van der Waals surface area contributed by atoms with Gasteiger partial charge in [0.2, 0.25) is 0 Å². The summed E-state index contributed by atoms with van der Waals surface area (Å²) in [6.45, 7) is 6.08. The molecule has 1 aromatic rings. The topological polar surface area (TPSA) is 20.2 Å². The van der Waals surface area contributed by atoms with Crippen molar-refractivity contribution >= 4 is 15.9 Å². The highest BCUT2D eigenvalue weighted by Crippen LogP contribution is 2.33. The second-order valence-electron chi connectivity index (χ2n) is 4.32. The van der Waals surface area contributed by atoms with E-state index >= 15 is 0 Å². The number of hydrogen-bond donors (Lipinski definition) is 1. The van der Waals surface area contributed by atoms with E-state index in [0.717, 1.165) is 10.0 Å². The van der Waals surface area contributed by atoms with E-state index in [0.29, 0.717) is 0 Å². The normalized spacial score (nSPS) is 14.2. The summed E-state index contributed by atoms with van der Waals surface area (Å²) in [5.41, 5.74) is 0.850. The van der Waals surface area contributed by atoms with Crippen LogP contribution >= 0.6 is 15.9 Å². The molecular formula is C11H15BrO. The summed E-state index contributed by atoms with van der Waals surface area (Å²) in [4.78, 5) is 0. The lowest BCUT2D eigenvalue weighted by Crippen LogP contribution is -2.17. The number of rotatable bonds is 1. The Morgan fingerprint density at radius 1 is 1.31 bits per heavy atom. The van der Waals surface area contributed by atoms with E-state index in [-0.39, 0.29) is 5.41 Å². The maximum atomic E-state index is 9.96. The van der Waals surface area contributed by atoms with Crippen LogP contribution in [-0.4, -0.2) is 5.11 Å². The lowest BCUT2D eigenvalue weighted by atomic mass is 9.85. The third-order valence-electron chi connectivity index (χ3n) is 1.98. The van der Waals surface area contributed by atoms with Crippen molar-refractivity contribution in [1.29, 1.82) is 0 Å². The zero-order valence-corrected chi connectivity index (χ0v) is 9.80. The standard InChI is InChI=1S/C11H15BrO/c1-11(2,3)10(13)8-5-4-6-9(12)7-8/h4-7,10,13H,1-3H3/t10-/m1/s1. The van der Waals surface area contributed by atoms with E-state index in [1.54, 1.807) is 0 Å². The molecule has 0 heterocycles. The first kappa shape index (κ1) is 10.7. The van der Waals surface area contributed by atoms with Crippen molar-refractivity contribution in [3.63, 3.8) is 0 Å². The first-order valence-electron chi connectivity index (χ1n) is 4.35. The highest BCUT2D eigenvalue weighted by molar-refractivity contribution is 9.10. The summed E-state index contributed by atoms with van der Waals surface area (Å²) in [6, 6.07) is 7.80. The van der Waals surface area contributed by atoms with Gasteiger partial charge >= 0.3 is 0 Å². The van der Waals surface area contributed by atoms with E-state index in [9.17, 15) is 5.11 Å². The number of hydrogen-bond acceptors (Lipinski definition) is 1. The Balaban J connectivity index is 2.96. The SMILES string of the molecule is CC(C)(C)[C@H](O)c1cccc(Br)c1. The molecule has 1 aromatic carbocycles. The maximum Gasteiger partial charge on any atom is 0.0838 e. The number of aliphatic hydroxyl groups is 1. The van der Waals surface area contributed by atoms with Gasteiger partial charge in [-0.2, -0.15) is 0 Å². The van der Waals surface area contributed by atoms with Crippen LogP contribution in [0.2, 0.25) is 0 Å². The van der Waals surface area contributed by atoms with Crippen LogP contribution in [0.3, 0.4) is 0 Å². The lowest BCUT2D eigenvalue weighted by molar-refractivity contribution is 0.0626. The molecule has 0 aliphatic heterocycles. The van der Waals surface area contributed by atoms with Crippen molar-refractivity contribution in [1.82, 2.24) is 0 Å². The summed E-state index contributed by atoms with van der Waals surface area (Å²) in [7, 11) is 0. The third-order valence-corrected chi connectivity index (χ3v) is 2.48. The van der Waals surface area contributed by atoms with Crippen molar-refractivity contribution in [2.45, 2.75) is 26.9 Å². The molecule has 0 spiro atoms. The molecule has 2 heteroatoms. The largest absolute Gasteiger partial charge is 0.388 e. The molecule has 13 heavy (non-hydrogen) atoms. The average Bonchev–Trinajstić information content (AvgIpc) is 2.01. The zero-order chi connectivity index (χ0) is 10.1. The van der Waals surface area contributed by atoms with Gasteiger partial charge in [0.1, 0.15) is 0 Å². The van der Waals surface area contributed by atoms with Crippen LogP contribution < -0.4 is 0 Å². The van der Waals surface area contributed by atoms with Gasteiger partial charge in [-0.05, 0) is 23.1 Å². The molecule has 0 fully saturated rings. The summed E-state index contributed by atoms with van der Waals surface area (Å²) in [6.07, 6.45) is -0.412. The van der Waals surface area contributed by atoms with E-state index in [2.05, 4.69) is 15.9 Å². The molecule has 1 nitrogen and oxygen atoms in total. The fourth-order valence-corrected chi connectivity index (χ4v) is 1.59. The van der Waals surface area contributed by atoms with Crippen LogP contribution in [-0.2, 0) is 0 Å². The number of benzene rings is 1. The summed E-state index contributed by atoms with van der Waals surface area (Å²) < 4.78 is 1.01. The first-order valence-corrected chi connectivity index (χ1v) is 5.14. The predicted molar refractivity (Wildman–Crippen MR) is 58.6 cm³/mol. The highest BCUT2D eigenvalue weighted by atomic mass is 79.9. The van der Waals surface area contributed by atoms with Crippen LogP contribution in [0.4, 0.5) is 0 Å². The van der Waals surface area contributed by atoms with Crippen molar-refractivity contribution in [3.05, 3.63) is 34.3 Å². The summed E-state index contributed by atoms with van der Waals surface area (Å²) in [5.74, 6) is 0. The van der Waals surface area contributed by atoms with Crippen molar-refractivity contribution < 1.29 is 5.11 Å².